The molecule has 0 rings (SSSR count). The van der Waals surface area contributed by atoms with Crippen molar-refractivity contribution in [3.8, 4) is 0 Å². The predicted molar refractivity (Wildman–Crippen MR) is 11.5 cm³/mol. The molecule has 4 nitrogen and oxygen atoms in total. The Morgan fingerprint density at radius 2 is 0.714 bits per heavy atom. The number of rotatable bonds is 0. The van der Waals surface area contributed by atoms with Gasteiger partial charge in [-0.2, -0.15) is 0 Å². The molecular formula is B2O4Re-4. The van der Waals surface area contributed by atoms with Crippen molar-refractivity contribution in [1.29, 1.82) is 0 Å². The van der Waals surface area contributed by atoms with Crippen LogP contribution in [0.5, 0.6) is 0 Å². The van der Waals surface area contributed by atoms with Crippen molar-refractivity contribution >= 4 is 15.4 Å². The van der Waals surface area contributed by atoms with E-state index in [0.29, 0.717) is 0 Å². The van der Waals surface area contributed by atoms with Gasteiger partial charge < -0.3 is 20.1 Å². The fourth-order valence-corrected chi connectivity index (χ4v) is 0. The van der Waals surface area contributed by atoms with E-state index in [2.05, 4.69) is 0 Å². The maximum absolute atomic E-state index is 8.25. The first-order valence-corrected chi connectivity index (χ1v) is 0.943. The molecule has 0 aliphatic carbocycles. The average molecular weight is 272 g/mol. The van der Waals surface area contributed by atoms with Crippen LogP contribution in [0.2, 0.25) is 0 Å². The van der Waals surface area contributed by atoms with E-state index >= 15 is 0 Å². The Bertz CT molecular complexity index is 11.7. The fraction of sp³-hybridized carbons (Fsp3) is 0. The van der Waals surface area contributed by atoms with E-state index in [1.165, 1.54) is 0 Å². The van der Waals surface area contributed by atoms with E-state index in [1.807, 2.05) is 0 Å². The third-order valence-corrected chi connectivity index (χ3v) is 0. The van der Waals surface area contributed by atoms with Crippen molar-refractivity contribution in [1.82, 2.24) is 0 Å². The smallest absolute Gasteiger partial charge is 0 e. The van der Waals surface area contributed by atoms with Gasteiger partial charge in [-0.05, 0) is 0 Å². The van der Waals surface area contributed by atoms with Gasteiger partial charge in [-0.15, -0.1) is 0 Å². The van der Waals surface area contributed by atoms with E-state index in [1.54, 1.807) is 0 Å². The van der Waals surface area contributed by atoms with Gasteiger partial charge in [0.2, 0.25) is 0 Å². The first-order chi connectivity index (χ1) is 2.83. The van der Waals surface area contributed by atoms with Gasteiger partial charge in [0, 0.05) is 20.4 Å². The second-order valence-electron chi connectivity index (χ2n) is 0.192. The Labute approximate surface area is 56.5 Å². The van der Waals surface area contributed by atoms with Crippen LogP contribution in [0.4, 0.5) is 0 Å². The molecule has 0 aromatic carbocycles. The van der Waals surface area contributed by atoms with E-state index in [-0.39, 0.29) is 20.4 Å². The largest absolute Gasteiger partial charge is 0.900 e. The third-order valence-electron chi connectivity index (χ3n) is 0. The molecule has 7 heteroatoms. The molecular weight excluding hydrogens is 272 g/mol. The van der Waals surface area contributed by atoms with E-state index in [4.69, 9.17) is 20.1 Å². The summed E-state index contributed by atoms with van der Waals surface area (Å²) in [4.78, 5) is 0. The summed E-state index contributed by atoms with van der Waals surface area (Å²) in [6.45, 7) is 0. The van der Waals surface area contributed by atoms with Gasteiger partial charge >= 0.3 is 0 Å². The van der Waals surface area contributed by atoms with Crippen LogP contribution in [0.25, 0.3) is 0 Å². The van der Waals surface area contributed by atoms with E-state index in [0.717, 1.165) is 0 Å². The van der Waals surface area contributed by atoms with Gasteiger partial charge in [-0.1, -0.05) is 0 Å². The first-order valence-electron chi connectivity index (χ1n) is 0.943. The standard InChI is InChI=1S/2BO2.Re/c2*2-1-3;/q2*-2;. The molecule has 0 aromatic rings. The minimum absolute atomic E-state index is 0. The maximum Gasteiger partial charge on any atom is 0 e. The summed E-state index contributed by atoms with van der Waals surface area (Å²) >= 11 is 0. The summed E-state index contributed by atoms with van der Waals surface area (Å²) in [5.74, 6) is 0. The summed E-state index contributed by atoms with van der Waals surface area (Å²) in [6.07, 6.45) is 0. The SMILES string of the molecule is [O-][B][O-].[O-][B][O-].[Re]. The molecule has 0 aliphatic rings. The van der Waals surface area contributed by atoms with Crippen molar-refractivity contribution in [2.75, 3.05) is 0 Å². The Morgan fingerprint density at radius 3 is 0.714 bits per heavy atom. The van der Waals surface area contributed by atoms with Crippen molar-refractivity contribution in [3.63, 3.8) is 0 Å². The molecule has 41 valence electrons. The predicted octanol–water partition coefficient (Wildman–Crippen LogP) is -5.52. The molecule has 7 heavy (non-hydrogen) atoms. The van der Waals surface area contributed by atoms with Crippen LogP contribution >= 0.6 is 0 Å². The second-order valence-corrected chi connectivity index (χ2v) is 0.192. The summed E-state index contributed by atoms with van der Waals surface area (Å²) in [6, 6.07) is 0. The van der Waals surface area contributed by atoms with Gasteiger partial charge in [0.15, 0.2) is 0 Å². The fourth-order valence-electron chi connectivity index (χ4n) is 0. The van der Waals surface area contributed by atoms with Crippen LogP contribution in [0.15, 0.2) is 0 Å². The molecule has 0 unspecified atom stereocenters. The second kappa shape index (κ2) is 30.4. The molecule has 0 N–H and O–H groups in total. The summed E-state index contributed by atoms with van der Waals surface area (Å²) in [5.41, 5.74) is 0. The Kier molecular flexibility index (Phi) is 67.9. The molecule has 0 amide bonds. The molecule has 0 aromatic heterocycles. The van der Waals surface area contributed by atoms with Crippen molar-refractivity contribution < 1.29 is 40.5 Å². The van der Waals surface area contributed by atoms with E-state index < -0.39 is 15.4 Å². The molecule has 3 radical (unpaired) electrons. The molecule has 0 bridgehead atoms. The topological polar surface area (TPSA) is 92.2 Å². The van der Waals surface area contributed by atoms with Crippen LogP contribution in [0.1, 0.15) is 0 Å². The van der Waals surface area contributed by atoms with Crippen molar-refractivity contribution in [2.45, 2.75) is 0 Å². The third kappa shape index (κ3) is 356. The molecule has 0 saturated carbocycles. The zero-order valence-corrected chi connectivity index (χ0v) is 5.88. The minimum Gasteiger partial charge on any atom is -0.900 e. The first kappa shape index (κ1) is 15.6. The van der Waals surface area contributed by atoms with Crippen LogP contribution in [0.3, 0.4) is 0 Å². The normalized spacial score (nSPS) is 4.00. The molecule has 0 spiro atoms. The Morgan fingerprint density at radius 1 is 0.714 bits per heavy atom. The molecule has 0 atom stereocenters. The van der Waals surface area contributed by atoms with Crippen LogP contribution in [0, 0.1) is 0 Å². The van der Waals surface area contributed by atoms with Gasteiger partial charge in [-0.3, -0.25) is 0 Å². The molecule has 0 heterocycles. The molecule has 0 saturated heterocycles. The van der Waals surface area contributed by atoms with E-state index in [9.17, 15) is 0 Å². The Hall–Kier alpha value is 0.632. The zero-order chi connectivity index (χ0) is 5.41. The molecule has 0 fully saturated rings. The van der Waals surface area contributed by atoms with Crippen LogP contribution in [-0.4, -0.2) is 15.4 Å². The van der Waals surface area contributed by atoms with Crippen LogP contribution in [-0.2, 0) is 20.4 Å². The maximum atomic E-state index is 8.25. The van der Waals surface area contributed by atoms with Gasteiger partial charge in [-0.25, -0.2) is 15.4 Å². The summed E-state index contributed by atoms with van der Waals surface area (Å²) in [7, 11) is -1.00. The summed E-state index contributed by atoms with van der Waals surface area (Å²) in [5, 5.41) is 33.0. The average Bonchev–Trinajstić information content (AvgIpc) is 1.39. The minimum atomic E-state index is -0.500. The monoisotopic (exact) mass is 273 g/mol. The number of hydrogen-bond donors (Lipinski definition) is 0. The number of hydrogen-bond acceptors (Lipinski definition) is 4. The van der Waals surface area contributed by atoms with Crippen molar-refractivity contribution in [3.05, 3.63) is 0 Å². The van der Waals surface area contributed by atoms with Crippen LogP contribution < -0.4 is 20.1 Å². The van der Waals surface area contributed by atoms with Crippen molar-refractivity contribution in [2.24, 2.45) is 0 Å². The Balaban J connectivity index is -0.0000000400. The quantitative estimate of drug-likeness (QED) is 0.411. The zero-order valence-electron chi connectivity index (χ0n) is 3.17. The summed E-state index contributed by atoms with van der Waals surface area (Å²) < 4.78 is 0. The van der Waals surface area contributed by atoms with Gasteiger partial charge in [0.05, 0.1) is 0 Å². The van der Waals surface area contributed by atoms with Gasteiger partial charge in [0.25, 0.3) is 0 Å². The van der Waals surface area contributed by atoms with Gasteiger partial charge in [0.1, 0.15) is 0 Å². The molecule has 0 aliphatic heterocycles.